The minimum atomic E-state index is -0.870. The van der Waals surface area contributed by atoms with E-state index in [0.717, 1.165) is 44.9 Å². The van der Waals surface area contributed by atoms with Crippen LogP contribution in [0.5, 0.6) is 0 Å². The zero-order chi connectivity index (χ0) is 21.8. The lowest BCUT2D eigenvalue weighted by Gasteiger charge is -2.54. The quantitative estimate of drug-likeness (QED) is 0.219. The summed E-state index contributed by atoms with van der Waals surface area (Å²) in [7, 11) is 0. The average Bonchev–Trinajstić information content (AvgIpc) is 3.23. The van der Waals surface area contributed by atoms with Crippen molar-refractivity contribution in [3.63, 3.8) is 0 Å². The maximum absolute atomic E-state index is 13.8. The first-order chi connectivity index (χ1) is 13.9. The van der Waals surface area contributed by atoms with Crippen molar-refractivity contribution in [3.8, 4) is 0 Å². The molecule has 0 amide bonds. The normalized spacial score (nSPS) is 35.1. The van der Waals surface area contributed by atoms with Crippen LogP contribution in [0, 0.1) is 21.7 Å². The first-order valence-corrected chi connectivity index (χ1v) is 11.9. The third-order valence-electron chi connectivity index (χ3n) is 8.26. The molecule has 2 rings (SSSR count). The van der Waals surface area contributed by atoms with Crippen molar-refractivity contribution in [2.24, 2.45) is 21.7 Å². The molecule has 2 bridgehead atoms. The number of esters is 2. The van der Waals surface area contributed by atoms with E-state index in [1.807, 2.05) is 0 Å². The molecular formula is C25H42O4. The van der Waals surface area contributed by atoms with Crippen molar-refractivity contribution in [3.05, 3.63) is 12.2 Å². The molecule has 0 radical (unpaired) electrons. The zero-order valence-corrected chi connectivity index (χ0v) is 19.6. The van der Waals surface area contributed by atoms with Crippen LogP contribution in [0.2, 0.25) is 0 Å². The minimum absolute atomic E-state index is 0.190. The fourth-order valence-electron chi connectivity index (χ4n) is 6.74. The number of hydrogen-bond donors (Lipinski definition) is 0. The molecule has 2 aliphatic carbocycles. The van der Waals surface area contributed by atoms with E-state index < -0.39 is 10.8 Å². The van der Waals surface area contributed by atoms with E-state index in [9.17, 15) is 9.59 Å². The highest BCUT2D eigenvalue weighted by Crippen LogP contribution is 2.80. The van der Waals surface area contributed by atoms with Gasteiger partial charge in [-0.1, -0.05) is 66.5 Å². The van der Waals surface area contributed by atoms with Gasteiger partial charge in [-0.2, -0.15) is 0 Å². The third-order valence-corrected chi connectivity index (χ3v) is 8.26. The SMILES string of the molecule is CCCCOC(=O)C1(CC)C2(CC)C=CC(CC)(C2)C1(CC)C(=O)OCCCC. The van der Waals surface area contributed by atoms with E-state index in [1.165, 1.54) is 0 Å². The van der Waals surface area contributed by atoms with Gasteiger partial charge >= 0.3 is 11.9 Å². The molecule has 0 aromatic heterocycles. The first kappa shape index (κ1) is 24.0. The van der Waals surface area contributed by atoms with Gasteiger partial charge in [0.1, 0.15) is 0 Å². The Morgan fingerprint density at radius 3 is 1.34 bits per heavy atom. The predicted octanol–water partition coefficient (Wildman–Crippen LogP) is 6.23. The smallest absolute Gasteiger partial charge is 0.314 e. The molecule has 4 heteroatoms. The Hall–Kier alpha value is -1.32. The van der Waals surface area contributed by atoms with E-state index in [0.29, 0.717) is 26.1 Å². The Morgan fingerprint density at radius 2 is 1.07 bits per heavy atom. The molecule has 1 saturated carbocycles. The molecule has 0 aromatic carbocycles. The molecule has 0 saturated heterocycles. The van der Waals surface area contributed by atoms with Gasteiger partial charge in [-0.3, -0.25) is 9.59 Å². The molecule has 4 atom stereocenters. The number of unbranched alkanes of at least 4 members (excludes halogenated alkanes) is 2. The van der Waals surface area contributed by atoms with Gasteiger partial charge in [0.15, 0.2) is 0 Å². The lowest BCUT2D eigenvalue weighted by Crippen LogP contribution is -2.61. The van der Waals surface area contributed by atoms with E-state index in [4.69, 9.17) is 9.47 Å². The second-order valence-corrected chi connectivity index (χ2v) is 9.03. The highest BCUT2D eigenvalue weighted by atomic mass is 16.5. The number of carbonyl (C=O) groups is 2. The summed E-state index contributed by atoms with van der Waals surface area (Å²) in [5.41, 5.74) is -2.43. The number of rotatable bonds is 12. The Labute approximate surface area is 177 Å². The molecule has 2 aliphatic rings. The molecule has 0 heterocycles. The second kappa shape index (κ2) is 9.22. The van der Waals surface area contributed by atoms with Gasteiger partial charge in [0.2, 0.25) is 0 Å². The Balaban J connectivity index is 2.65. The van der Waals surface area contributed by atoms with Crippen molar-refractivity contribution in [2.45, 2.75) is 99.3 Å². The van der Waals surface area contributed by atoms with Crippen LogP contribution in [-0.2, 0) is 19.1 Å². The van der Waals surface area contributed by atoms with Crippen molar-refractivity contribution < 1.29 is 19.1 Å². The van der Waals surface area contributed by atoms with Crippen molar-refractivity contribution in [2.75, 3.05) is 13.2 Å². The van der Waals surface area contributed by atoms with Crippen LogP contribution in [0.1, 0.15) is 99.3 Å². The highest BCUT2D eigenvalue weighted by molar-refractivity contribution is 5.93. The number of fused-ring (bicyclic) bond motifs is 2. The van der Waals surface area contributed by atoms with Crippen LogP contribution in [0.3, 0.4) is 0 Å². The lowest BCUT2D eigenvalue weighted by atomic mass is 9.47. The van der Waals surface area contributed by atoms with Gasteiger partial charge in [0.25, 0.3) is 0 Å². The monoisotopic (exact) mass is 406 g/mol. The van der Waals surface area contributed by atoms with E-state index in [1.54, 1.807) is 0 Å². The fourth-order valence-corrected chi connectivity index (χ4v) is 6.74. The van der Waals surface area contributed by atoms with Gasteiger partial charge in [0, 0.05) is 10.8 Å². The summed E-state index contributed by atoms with van der Waals surface area (Å²) in [5, 5.41) is 0. The van der Waals surface area contributed by atoms with Gasteiger partial charge in [0.05, 0.1) is 24.0 Å². The van der Waals surface area contributed by atoms with Crippen LogP contribution in [-0.4, -0.2) is 25.2 Å². The maximum atomic E-state index is 13.8. The van der Waals surface area contributed by atoms with Crippen LogP contribution in [0.25, 0.3) is 0 Å². The minimum Gasteiger partial charge on any atom is -0.465 e. The lowest BCUT2D eigenvalue weighted by molar-refractivity contribution is -0.195. The van der Waals surface area contributed by atoms with Gasteiger partial charge in [-0.25, -0.2) is 0 Å². The number of carbonyl (C=O) groups excluding carboxylic acids is 2. The molecule has 1 fully saturated rings. The molecule has 4 nitrogen and oxygen atoms in total. The molecule has 0 spiro atoms. The van der Waals surface area contributed by atoms with Crippen LogP contribution >= 0.6 is 0 Å². The van der Waals surface area contributed by atoms with Crippen molar-refractivity contribution in [1.29, 1.82) is 0 Å². The predicted molar refractivity (Wildman–Crippen MR) is 116 cm³/mol. The summed E-state index contributed by atoms with van der Waals surface area (Å²) < 4.78 is 11.8. The Kier molecular flexibility index (Phi) is 7.62. The van der Waals surface area contributed by atoms with Crippen LogP contribution in [0.15, 0.2) is 12.2 Å². The summed E-state index contributed by atoms with van der Waals surface area (Å²) in [6.45, 7) is 13.4. The first-order valence-electron chi connectivity index (χ1n) is 11.9. The van der Waals surface area contributed by atoms with Gasteiger partial charge < -0.3 is 9.47 Å². The van der Waals surface area contributed by atoms with Gasteiger partial charge in [-0.05, 0) is 44.9 Å². The summed E-state index contributed by atoms with van der Waals surface area (Å²) in [5.74, 6) is -0.381. The molecule has 4 unspecified atom stereocenters. The fraction of sp³-hybridized carbons (Fsp3) is 0.840. The Bertz CT molecular complexity index is 574. The molecule has 0 N–H and O–H groups in total. The van der Waals surface area contributed by atoms with E-state index >= 15 is 0 Å². The maximum Gasteiger partial charge on any atom is 0.314 e. The highest BCUT2D eigenvalue weighted by Gasteiger charge is 2.82. The van der Waals surface area contributed by atoms with Crippen molar-refractivity contribution >= 4 is 11.9 Å². The largest absolute Gasteiger partial charge is 0.465 e. The van der Waals surface area contributed by atoms with E-state index in [2.05, 4.69) is 53.7 Å². The third kappa shape index (κ3) is 3.08. The molecular weight excluding hydrogens is 364 g/mol. The van der Waals surface area contributed by atoms with Crippen LogP contribution < -0.4 is 0 Å². The summed E-state index contributed by atoms with van der Waals surface area (Å²) in [6, 6.07) is 0. The number of hydrogen-bond acceptors (Lipinski definition) is 4. The standard InChI is InChI=1S/C25H42O4/c1-7-13-17-28-20(26)24(11-5)22(9-3)15-16-23(10-4,19-22)25(24,12-6)21(27)29-18-14-8-2/h15-16H,7-14,17-19H2,1-6H3. The second-order valence-electron chi connectivity index (χ2n) is 9.03. The number of ether oxygens (including phenoxy) is 2. The average molecular weight is 407 g/mol. The molecule has 0 aliphatic heterocycles. The molecule has 166 valence electrons. The van der Waals surface area contributed by atoms with Gasteiger partial charge in [-0.15, -0.1) is 0 Å². The Morgan fingerprint density at radius 1 is 0.690 bits per heavy atom. The van der Waals surface area contributed by atoms with E-state index in [-0.39, 0.29) is 22.8 Å². The van der Waals surface area contributed by atoms with Crippen molar-refractivity contribution in [1.82, 2.24) is 0 Å². The summed E-state index contributed by atoms with van der Waals surface area (Å²) in [4.78, 5) is 27.7. The van der Waals surface area contributed by atoms with Crippen LogP contribution in [0.4, 0.5) is 0 Å². The molecule has 0 aromatic rings. The summed E-state index contributed by atoms with van der Waals surface area (Å²) in [6.07, 6.45) is 11.8. The zero-order valence-electron chi connectivity index (χ0n) is 19.6. The number of allylic oxidation sites excluding steroid dienone is 2. The topological polar surface area (TPSA) is 52.6 Å². The molecule has 29 heavy (non-hydrogen) atoms. The summed E-state index contributed by atoms with van der Waals surface area (Å²) >= 11 is 0.